The zero-order valence-electron chi connectivity index (χ0n) is 15.5. The molecule has 0 saturated heterocycles. The number of ether oxygens (including phenoxy) is 1. The highest BCUT2D eigenvalue weighted by Crippen LogP contribution is 2.22. The fourth-order valence-electron chi connectivity index (χ4n) is 3.58. The number of benzene rings is 1. The van der Waals surface area contributed by atoms with Gasteiger partial charge in [0.1, 0.15) is 6.04 Å². The van der Waals surface area contributed by atoms with E-state index in [2.05, 4.69) is 5.32 Å². The molecule has 1 aromatic rings. The predicted octanol–water partition coefficient (Wildman–Crippen LogP) is 1.51. The Labute approximate surface area is 155 Å². The molecular formula is C20H30N2O4. The van der Waals surface area contributed by atoms with Gasteiger partial charge in [-0.3, -0.25) is 9.69 Å². The van der Waals surface area contributed by atoms with Crippen molar-refractivity contribution in [3.63, 3.8) is 0 Å². The first-order valence-corrected chi connectivity index (χ1v) is 9.40. The van der Waals surface area contributed by atoms with Gasteiger partial charge in [-0.1, -0.05) is 49.6 Å². The molecule has 1 aliphatic rings. The summed E-state index contributed by atoms with van der Waals surface area (Å²) in [5.41, 5.74) is 0.961. The number of nitrogens with zero attached hydrogens (tertiary/aromatic N) is 1. The van der Waals surface area contributed by atoms with Gasteiger partial charge in [-0.25, -0.2) is 4.79 Å². The van der Waals surface area contributed by atoms with Crippen LogP contribution in [0.4, 0.5) is 0 Å². The SMILES string of the molecule is COC(=O)C(Cc1ccccc1)NC(=O)CN(CCO)C1CCCCC1. The number of esters is 1. The third-order valence-electron chi connectivity index (χ3n) is 4.93. The third-order valence-corrected chi connectivity index (χ3v) is 4.93. The van der Waals surface area contributed by atoms with Crippen LogP contribution in [-0.2, 0) is 20.7 Å². The Bertz CT molecular complexity index is 558. The molecule has 1 aliphatic carbocycles. The van der Waals surface area contributed by atoms with Crippen molar-refractivity contribution in [2.24, 2.45) is 0 Å². The quantitative estimate of drug-likeness (QED) is 0.651. The number of rotatable bonds is 9. The molecular weight excluding hydrogens is 332 g/mol. The largest absolute Gasteiger partial charge is 0.467 e. The lowest BCUT2D eigenvalue weighted by Gasteiger charge is -2.33. The molecule has 1 amide bonds. The normalized spacial score (nSPS) is 16.3. The van der Waals surface area contributed by atoms with E-state index in [1.165, 1.54) is 13.5 Å². The second-order valence-electron chi connectivity index (χ2n) is 6.82. The van der Waals surface area contributed by atoms with Crippen LogP contribution in [-0.4, -0.2) is 60.8 Å². The zero-order chi connectivity index (χ0) is 18.8. The van der Waals surface area contributed by atoms with E-state index < -0.39 is 12.0 Å². The molecule has 6 heteroatoms. The summed E-state index contributed by atoms with van der Waals surface area (Å²) in [5.74, 6) is -0.663. The maximum atomic E-state index is 12.5. The van der Waals surface area contributed by atoms with E-state index in [0.717, 1.165) is 31.2 Å². The van der Waals surface area contributed by atoms with Crippen LogP contribution in [0.1, 0.15) is 37.7 Å². The summed E-state index contributed by atoms with van der Waals surface area (Å²) in [6.07, 6.45) is 6.05. The van der Waals surface area contributed by atoms with Crippen molar-refractivity contribution in [1.82, 2.24) is 10.2 Å². The molecule has 6 nitrogen and oxygen atoms in total. The molecule has 1 unspecified atom stereocenters. The van der Waals surface area contributed by atoms with E-state index in [1.807, 2.05) is 35.2 Å². The average molecular weight is 362 g/mol. The van der Waals surface area contributed by atoms with Crippen molar-refractivity contribution in [3.05, 3.63) is 35.9 Å². The molecule has 0 spiro atoms. The summed E-state index contributed by atoms with van der Waals surface area (Å²) in [6.45, 7) is 0.682. The molecule has 0 radical (unpaired) electrons. The Morgan fingerprint density at radius 2 is 1.92 bits per heavy atom. The molecule has 0 aromatic heterocycles. The molecule has 0 aliphatic heterocycles. The van der Waals surface area contributed by atoms with Gasteiger partial charge in [-0.15, -0.1) is 0 Å². The van der Waals surface area contributed by atoms with Gasteiger partial charge in [0.25, 0.3) is 0 Å². The Balaban J connectivity index is 1.96. The second-order valence-corrected chi connectivity index (χ2v) is 6.82. The summed E-state index contributed by atoms with van der Waals surface area (Å²) < 4.78 is 4.85. The van der Waals surface area contributed by atoms with Gasteiger partial charge in [0, 0.05) is 19.0 Å². The molecule has 144 valence electrons. The van der Waals surface area contributed by atoms with E-state index in [9.17, 15) is 14.7 Å². The number of aliphatic hydroxyl groups is 1. The highest BCUT2D eigenvalue weighted by molar-refractivity contribution is 5.85. The van der Waals surface area contributed by atoms with Gasteiger partial charge in [0.2, 0.25) is 5.91 Å². The van der Waals surface area contributed by atoms with Gasteiger partial charge in [-0.2, -0.15) is 0 Å². The van der Waals surface area contributed by atoms with Crippen LogP contribution in [0.5, 0.6) is 0 Å². The fraction of sp³-hybridized carbons (Fsp3) is 0.600. The van der Waals surface area contributed by atoms with Crippen LogP contribution in [0.2, 0.25) is 0 Å². The summed E-state index contributed by atoms with van der Waals surface area (Å²) in [5, 5.41) is 12.1. The van der Waals surface area contributed by atoms with Gasteiger partial charge in [0.05, 0.1) is 20.3 Å². The molecule has 26 heavy (non-hydrogen) atoms. The smallest absolute Gasteiger partial charge is 0.328 e. The average Bonchev–Trinajstić information content (AvgIpc) is 2.68. The number of methoxy groups -OCH3 is 1. The number of carbonyl (C=O) groups is 2. The Hall–Kier alpha value is -1.92. The number of hydrogen-bond acceptors (Lipinski definition) is 5. The maximum Gasteiger partial charge on any atom is 0.328 e. The van der Waals surface area contributed by atoms with E-state index in [1.54, 1.807) is 0 Å². The highest BCUT2D eigenvalue weighted by atomic mass is 16.5. The van der Waals surface area contributed by atoms with Crippen molar-refractivity contribution >= 4 is 11.9 Å². The fourth-order valence-corrected chi connectivity index (χ4v) is 3.58. The topological polar surface area (TPSA) is 78.9 Å². The van der Waals surface area contributed by atoms with Crippen molar-refractivity contribution in [2.45, 2.75) is 50.6 Å². The molecule has 1 atom stereocenters. The summed E-state index contributed by atoms with van der Waals surface area (Å²) >= 11 is 0. The van der Waals surface area contributed by atoms with Crippen LogP contribution in [0.25, 0.3) is 0 Å². The number of hydrogen-bond donors (Lipinski definition) is 2. The summed E-state index contributed by atoms with van der Waals surface area (Å²) in [4.78, 5) is 26.7. The van der Waals surface area contributed by atoms with E-state index >= 15 is 0 Å². The summed E-state index contributed by atoms with van der Waals surface area (Å²) in [7, 11) is 1.33. The van der Waals surface area contributed by atoms with Crippen LogP contribution in [0.3, 0.4) is 0 Å². The van der Waals surface area contributed by atoms with Crippen LogP contribution < -0.4 is 5.32 Å². The minimum absolute atomic E-state index is 0.0220. The van der Waals surface area contributed by atoms with Crippen molar-refractivity contribution < 1.29 is 19.4 Å². The second kappa shape index (κ2) is 10.9. The predicted molar refractivity (Wildman–Crippen MR) is 99.6 cm³/mol. The Kier molecular flexibility index (Phi) is 8.58. The monoisotopic (exact) mass is 362 g/mol. The highest BCUT2D eigenvalue weighted by Gasteiger charge is 2.26. The summed E-state index contributed by atoms with van der Waals surface area (Å²) in [6, 6.07) is 9.16. The molecule has 1 fully saturated rings. The first-order chi connectivity index (χ1) is 12.6. The lowest BCUT2D eigenvalue weighted by Crippen LogP contribution is -2.50. The number of amides is 1. The Morgan fingerprint density at radius 3 is 2.54 bits per heavy atom. The molecule has 2 N–H and O–H groups in total. The standard InChI is InChI=1S/C20H30N2O4/c1-26-20(25)18(14-16-8-4-2-5-9-16)21-19(24)15-22(12-13-23)17-10-6-3-7-11-17/h2,4-5,8-9,17-18,23H,3,6-7,10-15H2,1H3,(H,21,24). The van der Waals surface area contributed by atoms with E-state index in [-0.39, 0.29) is 19.1 Å². The van der Waals surface area contributed by atoms with Crippen LogP contribution >= 0.6 is 0 Å². The van der Waals surface area contributed by atoms with E-state index in [4.69, 9.17) is 4.74 Å². The molecule has 1 saturated carbocycles. The van der Waals surface area contributed by atoms with Crippen molar-refractivity contribution in [3.8, 4) is 0 Å². The van der Waals surface area contributed by atoms with Gasteiger partial charge >= 0.3 is 5.97 Å². The third kappa shape index (κ3) is 6.42. The molecule has 2 rings (SSSR count). The Morgan fingerprint density at radius 1 is 1.23 bits per heavy atom. The minimum atomic E-state index is -0.711. The first-order valence-electron chi connectivity index (χ1n) is 9.40. The first kappa shape index (κ1) is 20.4. The molecule has 0 heterocycles. The lowest BCUT2D eigenvalue weighted by atomic mass is 9.94. The van der Waals surface area contributed by atoms with Crippen molar-refractivity contribution in [1.29, 1.82) is 0 Å². The van der Waals surface area contributed by atoms with E-state index in [0.29, 0.717) is 19.0 Å². The van der Waals surface area contributed by atoms with Gasteiger partial charge < -0.3 is 15.2 Å². The van der Waals surface area contributed by atoms with Crippen LogP contribution in [0, 0.1) is 0 Å². The van der Waals surface area contributed by atoms with Crippen molar-refractivity contribution in [2.75, 3.05) is 26.8 Å². The number of carbonyl (C=O) groups excluding carboxylic acids is 2. The number of nitrogens with one attached hydrogen (secondary N) is 1. The van der Waals surface area contributed by atoms with Gasteiger partial charge in [-0.05, 0) is 18.4 Å². The zero-order valence-corrected chi connectivity index (χ0v) is 15.5. The minimum Gasteiger partial charge on any atom is -0.467 e. The molecule has 0 bridgehead atoms. The lowest BCUT2D eigenvalue weighted by molar-refractivity contribution is -0.145. The molecule has 1 aromatic carbocycles. The number of aliphatic hydroxyl groups excluding tert-OH is 1. The van der Waals surface area contributed by atoms with Crippen LogP contribution in [0.15, 0.2) is 30.3 Å². The maximum absolute atomic E-state index is 12.5. The van der Waals surface area contributed by atoms with Gasteiger partial charge in [0.15, 0.2) is 0 Å².